The minimum atomic E-state index is -0.485. The van der Waals surface area contributed by atoms with Crippen LogP contribution in [-0.2, 0) is 6.42 Å². The van der Waals surface area contributed by atoms with Gasteiger partial charge in [-0.25, -0.2) is 0 Å². The Morgan fingerprint density at radius 1 is 1.22 bits per heavy atom. The van der Waals surface area contributed by atoms with Gasteiger partial charge in [0, 0.05) is 22.2 Å². The molecule has 0 unspecified atom stereocenters. The lowest BCUT2D eigenvalue weighted by Gasteiger charge is -2.07. The molecule has 0 saturated carbocycles. The maximum Gasteiger partial charge on any atom is 0.270 e. The van der Waals surface area contributed by atoms with Crippen LogP contribution in [0.25, 0.3) is 0 Å². The van der Waals surface area contributed by atoms with Crippen molar-refractivity contribution in [3.8, 4) is 5.75 Å². The van der Waals surface area contributed by atoms with Gasteiger partial charge in [-0.15, -0.1) is 0 Å². The number of rotatable bonds is 6. The Morgan fingerprint density at radius 2 is 1.91 bits per heavy atom. The molecule has 0 aromatic heterocycles. The van der Waals surface area contributed by atoms with Gasteiger partial charge in [-0.2, -0.15) is 0 Å². The van der Waals surface area contributed by atoms with Crippen LogP contribution in [0.1, 0.15) is 22.3 Å². The van der Waals surface area contributed by atoms with Gasteiger partial charge in [0.25, 0.3) is 11.6 Å². The molecule has 120 valence electrons. The van der Waals surface area contributed by atoms with Crippen LogP contribution in [0.5, 0.6) is 5.75 Å². The highest BCUT2D eigenvalue weighted by molar-refractivity contribution is 14.1. The first-order chi connectivity index (χ1) is 11.0. The first kappa shape index (κ1) is 17.2. The Hall–Kier alpha value is -2.16. The molecule has 0 aliphatic carbocycles. The van der Waals surface area contributed by atoms with E-state index in [0.29, 0.717) is 15.7 Å². The fourth-order valence-corrected chi connectivity index (χ4v) is 2.80. The number of amides is 1. The van der Waals surface area contributed by atoms with Crippen molar-refractivity contribution in [2.24, 2.45) is 0 Å². The normalized spacial score (nSPS) is 10.3. The molecule has 0 atom stereocenters. The predicted molar refractivity (Wildman–Crippen MR) is 94.6 cm³/mol. The zero-order valence-corrected chi connectivity index (χ0v) is 14.3. The smallest absolute Gasteiger partial charge is 0.270 e. The molecule has 0 aliphatic rings. The van der Waals surface area contributed by atoms with Crippen molar-refractivity contribution in [3.05, 3.63) is 67.3 Å². The summed E-state index contributed by atoms with van der Waals surface area (Å²) in [5, 5.41) is 22.7. The number of nitrogens with zero attached hydrogens (tertiary/aromatic N) is 1. The van der Waals surface area contributed by atoms with Gasteiger partial charge in [-0.3, -0.25) is 14.9 Å². The minimum Gasteiger partial charge on any atom is -0.508 e. The molecule has 0 saturated heterocycles. The summed E-state index contributed by atoms with van der Waals surface area (Å²) in [6.07, 6.45) is 1.55. The van der Waals surface area contributed by atoms with Gasteiger partial charge in [-0.05, 0) is 59.2 Å². The van der Waals surface area contributed by atoms with E-state index in [1.54, 1.807) is 12.1 Å². The summed E-state index contributed by atoms with van der Waals surface area (Å²) in [7, 11) is 0. The Labute approximate surface area is 146 Å². The minimum absolute atomic E-state index is 0.0294. The zero-order chi connectivity index (χ0) is 16.8. The maximum absolute atomic E-state index is 12.1. The number of nitro benzene ring substituents is 1. The van der Waals surface area contributed by atoms with E-state index in [-0.39, 0.29) is 17.3 Å². The largest absolute Gasteiger partial charge is 0.508 e. The van der Waals surface area contributed by atoms with E-state index in [1.807, 2.05) is 34.7 Å². The summed E-state index contributed by atoms with van der Waals surface area (Å²) in [5.41, 5.74) is 1.49. The van der Waals surface area contributed by atoms with Gasteiger partial charge in [0.05, 0.1) is 10.5 Å². The average molecular weight is 426 g/mol. The number of carbonyl (C=O) groups is 1. The molecule has 7 heteroatoms. The van der Waals surface area contributed by atoms with E-state index in [2.05, 4.69) is 5.32 Å². The zero-order valence-electron chi connectivity index (χ0n) is 12.2. The molecule has 6 nitrogen and oxygen atoms in total. The summed E-state index contributed by atoms with van der Waals surface area (Å²) in [6.45, 7) is 0.507. The number of aryl methyl sites for hydroxylation is 1. The van der Waals surface area contributed by atoms with Crippen molar-refractivity contribution >= 4 is 34.2 Å². The Bertz CT molecular complexity index is 717. The lowest BCUT2D eigenvalue weighted by Crippen LogP contribution is -2.25. The number of hydrogen-bond donors (Lipinski definition) is 2. The van der Waals surface area contributed by atoms with Crippen molar-refractivity contribution in [1.29, 1.82) is 0 Å². The first-order valence-corrected chi connectivity index (χ1v) is 8.05. The van der Waals surface area contributed by atoms with Gasteiger partial charge >= 0.3 is 0 Å². The lowest BCUT2D eigenvalue weighted by atomic mass is 10.1. The molecule has 0 fully saturated rings. The van der Waals surface area contributed by atoms with Gasteiger partial charge in [-0.1, -0.05) is 12.1 Å². The number of non-ortho nitro benzene ring substituents is 1. The molecule has 23 heavy (non-hydrogen) atoms. The number of benzene rings is 2. The first-order valence-electron chi connectivity index (χ1n) is 6.97. The summed E-state index contributed by atoms with van der Waals surface area (Å²) < 4.78 is 0.549. The Morgan fingerprint density at radius 3 is 2.52 bits per heavy atom. The van der Waals surface area contributed by atoms with Crippen molar-refractivity contribution in [2.45, 2.75) is 12.8 Å². The lowest BCUT2D eigenvalue weighted by molar-refractivity contribution is -0.384. The number of nitrogens with one attached hydrogen (secondary N) is 1. The van der Waals surface area contributed by atoms with E-state index in [0.717, 1.165) is 18.4 Å². The SMILES string of the molecule is O=C(NCCCc1ccc(O)cc1)c1ccc([N+](=O)[O-])cc1I. The van der Waals surface area contributed by atoms with Crippen molar-refractivity contribution < 1.29 is 14.8 Å². The van der Waals surface area contributed by atoms with Crippen LogP contribution in [0.2, 0.25) is 0 Å². The van der Waals surface area contributed by atoms with Crippen molar-refractivity contribution in [2.75, 3.05) is 6.54 Å². The standard InChI is InChI=1S/C16H15IN2O4/c17-15-10-12(19(22)23)5-8-14(15)16(21)18-9-1-2-11-3-6-13(20)7-4-11/h3-8,10,20H,1-2,9H2,(H,18,21). The highest BCUT2D eigenvalue weighted by Crippen LogP contribution is 2.19. The third-order valence-corrected chi connectivity index (χ3v) is 4.16. The molecule has 0 aliphatic heterocycles. The third kappa shape index (κ3) is 4.92. The number of aromatic hydroxyl groups is 1. The second-order valence-electron chi connectivity index (χ2n) is 4.95. The average Bonchev–Trinajstić information content (AvgIpc) is 2.52. The molecule has 2 rings (SSSR count). The number of nitro groups is 1. The van der Waals surface area contributed by atoms with Crippen molar-refractivity contribution in [3.63, 3.8) is 0 Å². The number of carbonyl (C=O) groups excluding carboxylic acids is 1. The Balaban J connectivity index is 1.85. The molecule has 2 N–H and O–H groups in total. The van der Waals surface area contributed by atoms with Crippen LogP contribution in [0.4, 0.5) is 5.69 Å². The fraction of sp³-hybridized carbons (Fsp3) is 0.188. The summed E-state index contributed by atoms with van der Waals surface area (Å²) >= 11 is 1.92. The van der Waals surface area contributed by atoms with Crippen LogP contribution >= 0.6 is 22.6 Å². The van der Waals surface area contributed by atoms with Gasteiger partial charge in [0.1, 0.15) is 5.75 Å². The van der Waals surface area contributed by atoms with Crippen LogP contribution < -0.4 is 5.32 Å². The molecule has 0 heterocycles. The molecule has 0 radical (unpaired) electrons. The summed E-state index contributed by atoms with van der Waals surface area (Å²) in [6, 6.07) is 11.1. The molecule has 2 aromatic rings. The molecule has 2 aromatic carbocycles. The van der Waals surface area contributed by atoms with E-state index < -0.39 is 4.92 Å². The Kier molecular flexibility index (Phi) is 5.91. The van der Waals surface area contributed by atoms with E-state index in [9.17, 15) is 20.0 Å². The van der Waals surface area contributed by atoms with E-state index >= 15 is 0 Å². The third-order valence-electron chi connectivity index (χ3n) is 3.27. The van der Waals surface area contributed by atoms with Gasteiger partial charge in [0.2, 0.25) is 0 Å². The number of hydrogen-bond acceptors (Lipinski definition) is 4. The molecule has 0 spiro atoms. The van der Waals surface area contributed by atoms with E-state index in [4.69, 9.17) is 0 Å². The number of phenolic OH excluding ortho intramolecular Hbond substituents is 1. The number of halogens is 1. The summed E-state index contributed by atoms with van der Waals surface area (Å²) in [4.78, 5) is 22.3. The van der Waals surface area contributed by atoms with E-state index in [1.165, 1.54) is 18.2 Å². The molecule has 1 amide bonds. The predicted octanol–water partition coefficient (Wildman–Crippen LogP) is 3.27. The van der Waals surface area contributed by atoms with Gasteiger partial charge < -0.3 is 10.4 Å². The van der Waals surface area contributed by atoms with Crippen LogP contribution in [0.15, 0.2) is 42.5 Å². The number of phenols is 1. The quantitative estimate of drug-likeness (QED) is 0.321. The molecule has 0 bridgehead atoms. The topological polar surface area (TPSA) is 92.5 Å². The molecular weight excluding hydrogens is 411 g/mol. The highest BCUT2D eigenvalue weighted by atomic mass is 127. The van der Waals surface area contributed by atoms with Crippen molar-refractivity contribution in [1.82, 2.24) is 5.32 Å². The fourth-order valence-electron chi connectivity index (χ4n) is 2.05. The molecular formula is C16H15IN2O4. The second kappa shape index (κ2) is 7.91. The maximum atomic E-state index is 12.1. The van der Waals surface area contributed by atoms with Gasteiger partial charge in [0.15, 0.2) is 0 Å². The highest BCUT2D eigenvalue weighted by Gasteiger charge is 2.14. The van der Waals surface area contributed by atoms with Crippen LogP contribution in [0.3, 0.4) is 0 Å². The second-order valence-corrected chi connectivity index (χ2v) is 6.11. The van der Waals surface area contributed by atoms with Crippen LogP contribution in [-0.4, -0.2) is 22.5 Å². The van der Waals surface area contributed by atoms with Crippen LogP contribution in [0, 0.1) is 13.7 Å². The monoisotopic (exact) mass is 426 g/mol. The summed E-state index contributed by atoms with van der Waals surface area (Å²) in [5.74, 6) is -0.00944.